The molecule has 38 heavy (non-hydrogen) atoms. The third-order valence-electron chi connectivity index (χ3n) is 5.73. The first-order valence-electron chi connectivity index (χ1n) is 11.1. The summed E-state index contributed by atoms with van der Waals surface area (Å²) in [7, 11) is 1.16. The number of nitrogens with one attached hydrogen (secondary N) is 1. The Bertz CT molecular complexity index is 1530. The first-order valence-corrected chi connectivity index (χ1v) is 11.9. The number of fused-ring (bicyclic) bond motifs is 1. The van der Waals surface area contributed by atoms with Crippen molar-refractivity contribution in [3.63, 3.8) is 0 Å². The Kier molecular flexibility index (Phi) is 7.84. The monoisotopic (exact) mass is 562 g/mol. The van der Waals surface area contributed by atoms with Gasteiger partial charge in [0.05, 0.1) is 39.5 Å². The second-order valence-electron chi connectivity index (χ2n) is 8.27. The van der Waals surface area contributed by atoms with E-state index in [0.29, 0.717) is 16.5 Å². The van der Waals surface area contributed by atoms with Crippen LogP contribution in [0.15, 0.2) is 54.7 Å². The summed E-state index contributed by atoms with van der Waals surface area (Å²) in [6, 6.07) is 10.4. The lowest BCUT2D eigenvalue weighted by Gasteiger charge is -2.19. The highest BCUT2D eigenvalue weighted by molar-refractivity contribution is 6.39. The summed E-state index contributed by atoms with van der Waals surface area (Å²) in [6.45, 7) is 1.42. The fourth-order valence-electron chi connectivity index (χ4n) is 4.01. The van der Waals surface area contributed by atoms with Crippen molar-refractivity contribution in [2.24, 2.45) is 0 Å². The van der Waals surface area contributed by atoms with Crippen LogP contribution in [-0.4, -0.2) is 40.2 Å². The SMILES string of the molecule is COC(=O)[C@H](Cc1ccc(-c2nnc(C)cc2C(F)(F)F)c2cccnc12)NC(=O)c1c(Cl)cccc1Cl. The van der Waals surface area contributed by atoms with Gasteiger partial charge in [0.2, 0.25) is 0 Å². The predicted molar refractivity (Wildman–Crippen MR) is 136 cm³/mol. The molecule has 12 heteroatoms. The van der Waals surface area contributed by atoms with E-state index in [1.54, 1.807) is 18.2 Å². The summed E-state index contributed by atoms with van der Waals surface area (Å²) in [5.41, 5.74) is -0.217. The van der Waals surface area contributed by atoms with Crippen molar-refractivity contribution in [3.8, 4) is 11.3 Å². The zero-order valence-electron chi connectivity index (χ0n) is 19.9. The van der Waals surface area contributed by atoms with E-state index in [9.17, 15) is 22.8 Å². The lowest BCUT2D eigenvalue weighted by atomic mass is 9.95. The van der Waals surface area contributed by atoms with E-state index in [1.807, 2.05) is 0 Å². The van der Waals surface area contributed by atoms with Crippen LogP contribution >= 0.6 is 23.2 Å². The first-order chi connectivity index (χ1) is 18.0. The van der Waals surface area contributed by atoms with Crippen LogP contribution in [0.1, 0.15) is 27.2 Å². The van der Waals surface area contributed by atoms with E-state index in [4.69, 9.17) is 27.9 Å². The molecule has 2 heterocycles. The minimum Gasteiger partial charge on any atom is -0.467 e. The lowest BCUT2D eigenvalue weighted by molar-refractivity contribution is -0.142. The summed E-state index contributed by atoms with van der Waals surface area (Å²) < 4.78 is 46.3. The number of carbonyl (C=O) groups is 2. The summed E-state index contributed by atoms with van der Waals surface area (Å²) in [5.74, 6) is -1.45. The standard InChI is InChI=1S/C26H19Cl2F3N4O3/c1-13-11-17(26(29,30)31)23(35-34-13)16-9-8-14(22-15(16)5-4-10-32-22)12-20(25(37)38-2)33-24(36)21-18(27)6-3-7-19(21)28/h3-11,20H,12H2,1-2H3,(H,33,36)/t20-/m0/s1. The molecular formula is C26H19Cl2F3N4O3. The molecule has 1 amide bonds. The zero-order valence-corrected chi connectivity index (χ0v) is 21.4. The molecule has 0 unspecified atom stereocenters. The van der Waals surface area contributed by atoms with Gasteiger partial charge in [-0.3, -0.25) is 9.78 Å². The molecule has 0 aliphatic carbocycles. The van der Waals surface area contributed by atoms with E-state index in [2.05, 4.69) is 20.5 Å². The Hall–Kier alpha value is -3.76. The van der Waals surface area contributed by atoms with Crippen molar-refractivity contribution in [2.75, 3.05) is 7.11 Å². The van der Waals surface area contributed by atoms with Crippen molar-refractivity contribution >= 4 is 46.0 Å². The highest BCUT2D eigenvalue weighted by atomic mass is 35.5. The second-order valence-corrected chi connectivity index (χ2v) is 9.08. The molecule has 0 fully saturated rings. The van der Waals surface area contributed by atoms with Gasteiger partial charge in [-0.1, -0.05) is 47.5 Å². The largest absolute Gasteiger partial charge is 0.467 e. The highest BCUT2D eigenvalue weighted by Crippen LogP contribution is 2.38. The van der Waals surface area contributed by atoms with Crippen molar-refractivity contribution in [1.82, 2.24) is 20.5 Å². The molecule has 1 N–H and O–H groups in total. The van der Waals surface area contributed by atoms with E-state index < -0.39 is 29.7 Å². The molecule has 4 rings (SSSR count). The van der Waals surface area contributed by atoms with Crippen molar-refractivity contribution in [1.29, 1.82) is 0 Å². The molecule has 2 aromatic carbocycles. The van der Waals surface area contributed by atoms with Crippen LogP contribution in [0.2, 0.25) is 10.0 Å². The number of benzene rings is 2. The Morgan fingerprint density at radius 2 is 1.76 bits per heavy atom. The molecule has 0 spiro atoms. The molecule has 0 saturated carbocycles. The van der Waals surface area contributed by atoms with Gasteiger partial charge >= 0.3 is 12.1 Å². The van der Waals surface area contributed by atoms with Crippen molar-refractivity contribution in [2.45, 2.75) is 25.6 Å². The molecule has 2 aromatic heterocycles. The number of methoxy groups -OCH3 is 1. The number of esters is 1. The molecule has 7 nitrogen and oxygen atoms in total. The van der Waals surface area contributed by atoms with Gasteiger partial charge in [0.15, 0.2) is 0 Å². The number of hydrogen-bond acceptors (Lipinski definition) is 6. The Labute approximate surface area is 224 Å². The summed E-state index contributed by atoms with van der Waals surface area (Å²) in [4.78, 5) is 29.9. The van der Waals surface area contributed by atoms with Crippen molar-refractivity contribution in [3.05, 3.63) is 87.2 Å². The topological polar surface area (TPSA) is 94.1 Å². The number of halogens is 5. The number of pyridine rings is 1. The van der Waals surface area contributed by atoms with Crippen LogP contribution < -0.4 is 5.32 Å². The normalized spacial score (nSPS) is 12.3. The molecule has 1 atom stereocenters. The molecule has 0 aliphatic heterocycles. The molecule has 4 aromatic rings. The summed E-state index contributed by atoms with van der Waals surface area (Å²) in [6.07, 6.45) is -3.28. The van der Waals surface area contributed by atoms with E-state index in [-0.39, 0.29) is 39.0 Å². The maximum Gasteiger partial charge on any atom is 0.418 e. The number of aromatic nitrogens is 3. The van der Waals surface area contributed by atoms with Crippen LogP contribution in [0.4, 0.5) is 13.2 Å². The minimum absolute atomic E-state index is 0.0132. The number of nitrogens with zero attached hydrogens (tertiary/aromatic N) is 3. The Morgan fingerprint density at radius 1 is 1.05 bits per heavy atom. The molecule has 0 bridgehead atoms. The second kappa shape index (κ2) is 10.9. The molecular weight excluding hydrogens is 544 g/mol. The fourth-order valence-corrected chi connectivity index (χ4v) is 4.58. The van der Waals surface area contributed by atoms with Crippen LogP contribution in [0, 0.1) is 6.92 Å². The van der Waals surface area contributed by atoms with Crippen LogP contribution in [0.5, 0.6) is 0 Å². The fraction of sp³-hybridized carbons (Fsp3) is 0.192. The zero-order chi connectivity index (χ0) is 27.6. The van der Waals surface area contributed by atoms with Gasteiger partial charge in [-0.2, -0.15) is 18.3 Å². The van der Waals surface area contributed by atoms with Gasteiger partial charge in [0.25, 0.3) is 5.91 Å². The summed E-state index contributed by atoms with van der Waals surface area (Å²) in [5, 5.41) is 10.8. The van der Waals surface area contributed by atoms with E-state index >= 15 is 0 Å². The number of ether oxygens (including phenoxy) is 1. The van der Waals surface area contributed by atoms with E-state index in [0.717, 1.165) is 13.2 Å². The Morgan fingerprint density at radius 3 is 2.42 bits per heavy atom. The molecule has 0 aliphatic rings. The third kappa shape index (κ3) is 5.56. The molecule has 0 radical (unpaired) electrons. The molecule has 196 valence electrons. The average molecular weight is 563 g/mol. The minimum atomic E-state index is -4.66. The third-order valence-corrected chi connectivity index (χ3v) is 6.36. The maximum atomic E-state index is 13.8. The smallest absolute Gasteiger partial charge is 0.418 e. The molecule has 0 saturated heterocycles. The van der Waals surface area contributed by atoms with Gasteiger partial charge in [-0.05, 0) is 36.8 Å². The number of amides is 1. The van der Waals surface area contributed by atoms with Gasteiger partial charge in [-0.15, -0.1) is 5.10 Å². The number of hydrogen-bond donors (Lipinski definition) is 1. The van der Waals surface area contributed by atoms with Gasteiger partial charge in [0.1, 0.15) is 11.7 Å². The van der Waals surface area contributed by atoms with Crippen molar-refractivity contribution < 1.29 is 27.5 Å². The maximum absolute atomic E-state index is 13.8. The number of carbonyl (C=O) groups excluding carboxylic acids is 2. The predicted octanol–water partition coefficient (Wildman–Crippen LogP) is 5.84. The van der Waals surface area contributed by atoms with Gasteiger partial charge in [0, 0.05) is 23.6 Å². The number of alkyl halides is 3. The highest BCUT2D eigenvalue weighted by Gasteiger charge is 2.36. The Balaban J connectivity index is 1.76. The lowest BCUT2D eigenvalue weighted by Crippen LogP contribution is -2.43. The quantitative estimate of drug-likeness (QED) is 0.297. The van der Waals surface area contributed by atoms with Gasteiger partial charge < -0.3 is 10.1 Å². The van der Waals surface area contributed by atoms with E-state index in [1.165, 1.54) is 37.4 Å². The van der Waals surface area contributed by atoms with Gasteiger partial charge in [-0.25, -0.2) is 4.79 Å². The number of aryl methyl sites for hydroxylation is 1. The number of rotatable bonds is 6. The van der Waals surface area contributed by atoms with Crippen LogP contribution in [0.3, 0.4) is 0 Å². The van der Waals surface area contributed by atoms with Crippen LogP contribution in [0.25, 0.3) is 22.2 Å². The van der Waals surface area contributed by atoms with Crippen LogP contribution in [-0.2, 0) is 22.1 Å². The first kappa shape index (κ1) is 27.3. The average Bonchev–Trinajstić information content (AvgIpc) is 2.87. The summed E-state index contributed by atoms with van der Waals surface area (Å²) >= 11 is 12.3.